The number of benzene rings is 2. The first-order valence-corrected chi connectivity index (χ1v) is 12.6. The molecular weight excluding hydrogens is 420 g/mol. The number of nitrogens with one attached hydrogen (secondary N) is 1. The number of para-hydroxylation sites is 1. The lowest BCUT2D eigenvalue weighted by Gasteiger charge is -2.23. The average Bonchev–Trinajstić information content (AvgIpc) is 2.72. The highest BCUT2D eigenvalue weighted by Crippen LogP contribution is 2.28. The summed E-state index contributed by atoms with van der Waals surface area (Å²) in [6.45, 7) is 5.13. The van der Waals surface area contributed by atoms with Gasteiger partial charge in [0.05, 0.1) is 23.5 Å². The number of hydrogen-bond donors (Lipinski definition) is 1. The first-order chi connectivity index (χ1) is 14.3. The van der Waals surface area contributed by atoms with Crippen LogP contribution in [0.25, 0.3) is 0 Å². The van der Waals surface area contributed by atoms with Crippen LogP contribution in [0.4, 0.5) is 5.69 Å². The van der Waals surface area contributed by atoms with Gasteiger partial charge < -0.3 is 5.32 Å². The number of rotatable bonds is 11. The van der Waals surface area contributed by atoms with Crippen LogP contribution in [0.5, 0.6) is 0 Å². The molecule has 30 heavy (non-hydrogen) atoms. The van der Waals surface area contributed by atoms with Gasteiger partial charge in [-0.1, -0.05) is 69.0 Å². The second-order valence-electron chi connectivity index (χ2n) is 7.54. The van der Waals surface area contributed by atoms with E-state index in [1.165, 1.54) is 10.7 Å². The standard InChI is InChI=1S/C23H31ClN2O3S/c1-4-6-9-18(5-2)16-25-23(27)20-14-12-19(13-15-20)17-26(30(3,28)29)22-11-8-7-10-21(22)24/h7-8,10-15,18H,4-6,9,16-17H2,1-3H3,(H,25,27)/t18-/m0/s1. The molecule has 5 nitrogen and oxygen atoms in total. The molecule has 0 unspecified atom stereocenters. The highest BCUT2D eigenvalue weighted by atomic mass is 35.5. The van der Waals surface area contributed by atoms with E-state index >= 15 is 0 Å². The maximum Gasteiger partial charge on any atom is 0.251 e. The van der Waals surface area contributed by atoms with Crippen LogP contribution < -0.4 is 9.62 Å². The first-order valence-electron chi connectivity index (χ1n) is 10.4. The molecule has 1 amide bonds. The molecule has 0 bridgehead atoms. The minimum absolute atomic E-state index is 0.109. The van der Waals surface area contributed by atoms with Crippen LogP contribution in [0, 0.1) is 5.92 Å². The van der Waals surface area contributed by atoms with Crippen molar-refractivity contribution in [3.8, 4) is 0 Å². The number of carbonyl (C=O) groups is 1. The van der Waals surface area contributed by atoms with Crippen LogP contribution in [0.3, 0.4) is 0 Å². The van der Waals surface area contributed by atoms with Crippen LogP contribution in [-0.4, -0.2) is 27.1 Å². The molecule has 0 saturated carbocycles. The Hall–Kier alpha value is -2.05. The van der Waals surface area contributed by atoms with Crippen molar-refractivity contribution in [1.29, 1.82) is 0 Å². The molecule has 0 spiro atoms. The normalized spacial score (nSPS) is 12.4. The Morgan fingerprint density at radius 1 is 1.10 bits per heavy atom. The smallest absolute Gasteiger partial charge is 0.251 e. The molecule has 2 aromatic rings. The molecule has 2 rings (SSSR count). The maximum absolute atomic E-state index is 12.5. The molecule has 0 aliphatic carbocycles. The molecule has 7 heteroatoms. The third kappa shape index (κ3) is 7.03. The Balaban J connectivity index is 2.07. The van der Waals surface area contributed by atoms with Crippen LogP contribution in [0.15, 0.2) is 48.5 Å². The van der Waals surface area contributed by atoms with Crippen molar-refractivity contribution in [2.75, 3.05) is 17.1 Å². The number of hydrogen-bond acceptors (Lipinski definition) is 3. The summed E-state index contributed by atoms with van der Waals surface area (Å²) >= 11 is 6.20. The number of halogens is 1. The summed E-state index contributed by atoms with van der Waals surface area (Å²) in [5.74, 6) is 0.384. The van der Waals surface area contributed by atoms with E-state index in [1.807, 2.05) is 0 Å². The zero-order valence-corrected chi connectivity index (χ0v) is 19.5. The Morgan fingerprint density at radius 2 is 1.77 bits per heavy atom. The number of nitrogens with zero attached hydrogens (tertiary/aromatic N) is 1. The van der Waals surface area contributed by atoms with Gasteiger partial charge in [0.1, 0.15) is 0 Å². The van der Waals surface area contributed by atoms with Gasteiger partial charge in [-0.25, -0.2) is 8.42 Å². The van der Waals surface area contributed by atoms with E-state index in [0.717, 1.165) is 31.1 Å². The molecule has 0 aromatic heterocycles. The minimum Gasteiger partial charge on any atom is -0.352 e. The summed E-state index contributed by atoms with van der Waals surface area (Å²) in [5.41, 5.74) is 1.76. The van der Waals surface area contributed by atoms with Crippen molar-refractivity contribution in [2.45, 2.75) is 46.1 Å². The predicted octanol–water partition coefficient (Wildman–Crippen LogP) is 5.25. The molecule has 0 aliphatic rings. The second kappa shape index (κ2) is 11.4. The molecule has 0 saturated heterocycles. The third-order valence-corrected chi connectivity index (χ3v) is 6.60. The van der Waals surface area contributed by atoms with Gasteiger partial charge in [0, 0.05) is 12.1 Å². The van der Waals surface area contributed by atoms with Crippen molar-refractivity contribution in [3.05, 3.63) is 64.7 Å². The quantitative estimate of drug-likeness (QED) is 0.508. The highest BCUT2D eigenvalue weighted by molar-refractivity contribution is 7.92. The third-order valence-electron chi connectivity index (χ3n) is 5.16. The molecule has 2 aromatic carbocycles. The van der Waals surface area contributed by atoms with E-state index in [1.54, 1.807) is 48.5 Å². The van der Waals surface area contributed by atoms with Gasteiger partial charge in [-0.3, -0.25) is 9.10 Å². The zero-order chi connectivity index (χ0) is 22.1. The maximum atomic E-state index is 12.5. The van der Waals surface area contributed by atoms with E-state index in [2.05, 4.69) is 19.2 Å². The van der Waals surface area contributed by atoms with Crippen LogP contribution in [-0.2, 0) is 16.6 Å². The summed E-state index contributed by atoms with van der Waals surface area (Å²) in [7, 11) is -3.52. The lowest BCUT2D eigenvalue weighted by atomic mass is 9.99. The van der Waals surface area contributed by atoms with Gasteiger partial charge >= 0.3 is 0 Å². The fourth-order valence-corrected chi connectivity index (χ4v) is 4.43. The largest absolute Gasteiger partial charge is 0.352 e. The topological polar surface area (TPSA) is 66.5 Å². The van der Waals surface area contributed by atoms with Crippen LogP contribution in [0.2, 0.25) is 5.02 Å². The summed E-state index contributed by atoms with van der Waals surface area (Å²) in [4.78, 5) is 12.5. The Morgan fingerprint density at radius 3 is 2.33 bits per heavy atom. The van der Waals surface area contributed by atoms with Crippen molar-refractivity contribution in [1.82, 2.24) is 5.32 Å². The second-order valence-corrected chi connectivity index (χ2v) is 9.86. The Labute approximate surface area is 185 Å². The zero-order valence-electron chi connectivity index (χ0n) is 17.9. The monoisotopic (exact) mass is 450 g/mol. The number of sulfonamides is 1. The number of amides is 1. The lowest BCUT2D eigenvalue weighted by molar-refractivity contribution is 0.0946. The number of anilines is 1. The number of carbonyl (C=O) groups excluding carboxylic acids is 1. The molecule has 0 fully saturated rings. The molecule has 0 aliphatic heterocycles. The van der Waals surface area contributed by atoms with Crippen molar-refractivity contribution in [2.24, 2.45) is 5.92 Å². The van der Waals surface area contributed by atoms with Gasteiger partial charge in [-0.15, -0.1) is 0 Å². The first kappa shape index (κ1) is 24.2. The van der Waals surface area contributed by atoms with Gasteiger partial charge in [-0.2, -0.15) is 0 Å². The average molecular weight is 451 g/mol. The SMILES string of the molecule is CCCC[C@H](CC)CNC(=O)c1ccc(CN(c2ccccc2Cl)S(C)(=O)=O)cc1. The fraction of sp³-hybridized carbons (Fsp3) is 0.435. The van der Waals surface area contributed by atoms with Gasteiger partial charge in [0.2, 0.25) is 10.0 Å². The molecular formula is C23H31ClN2O3S. The Kier molecular flexibility index (Phi) is 9.18. The molecule has 164 valence electrons. The summed E-state index contributed by atoms with van der Waals surface area (Å²) in [5, 5.41) is 3.38. The van der Waals surface area contributed by atoms with Crippen LogP contribution in [0.1, 0.15) is 55.5 Å². The predicted molar refractivity (Wildman–Crippen MR) is 125 cm³/mol. The summed E-state index contributed by atoms with van der Waals surface area (Å²) in [6, 6.07) is 13.8. The van der Waals surface area contributed by atoms with E-state index in [-0.39, 0.29) is 12.5 Å². The molecule has 1 N–H and O–H groups in total. The fourth-order valence-electron chi connectivity index (χ4n) is 3.24. The van der Waals surface area contributed by atoms with Crippen molar-refractivity contribution in [3.63, 3.8) is 0 Å². The highest BCUT2D eigenvalue weighted by Gasteiger charge is 2.20. The molecule has 0 radical (unpaired) electrons. The van der Waals surface area contributed by atoms with E-state index in [0.29, 0.717) is 28.7 Å². The molecule has 1 atom stereocenters. The van der Waals surface area contributed by atoms with Crippen LogP contribution >= 0.6 is 11.6 Å². The summed E-state index contributed by atoms with van der Waals surface area (Å²) in [6.07, 6.45) is 5.65. The minimum atomic E-state index is -3.52. The Bertz CT molecular complexity index is 930. The molecule has 0 heterocycles. The number of unbranched alkanes of at least 4 members (excludes halogenated alkanes) is 1. The van der Waals surface area contributed by atoms with E-state index < -0.39 is 10.0 Å². The van der Waals surface area contributed by atoms with Crippen molar-refractivity contribution >= 4 is 33.2 Å². The lowest BCUT2D eigenvalue weighted by Crippen LogP contribution is -2.30. The van der Waals surface area contributed by atoms with Gasteiger partial charge in [0.15, 0.2) is 0 Å². The van der Waals surface area contributed by atoms with E-state index in [4.69, 9.17) is 11.6 Å². The van der Waals surface area contributed by atoms with Gasteiger partial charge in [-0.05, 0) is 42.2 Å². The van der Waals surface area contributed by atoms with Crippen molar-refractivity contribution < 1.29 is 13.2 Å². The summed E-state index contributed by atoms with van der Waals surface area (Å²) < 4.78 is 25.9. The van der Waals surface area contributed by atoms with Gasteiger partial charge in [0.25, 0.3) is 5.91 Å². The van der Waals surface area contributed by atoms with E-state index in [9.17, 15) is 13.2 Å².